The van der Waals surface area contributed by atoms with Crippen LogP contribution in [-0.2, 0) is 16.1 Å². The van der Waals surface area contributed by atoms with Crippen molar-refractivity contribution < 1.29 is 14.4 Å². The zero-order chi connectivity index (χ0) is 19.8. The van der Waals surface area contributed by atoms with Crippen molar-refractivity contribution in [1.82, 2.24) is 15.1 Å². The number of nitrogens with zero attached hydrogens (tertiary/aromatic N) is 2. The molecule has 1 spiro atoms. The maximum absolute atomic E-state index is 13.0. The van der Waals surface area contributed by atoms with E-state index < -0.39 is 11.6 Å². The lowest BCUT2D eigenvalue weighted by Crippen LogP contribution is -2.54. The van der Waals surface area contributed by atoms with E-state index in [0.29, 0.717) is 13.0 Å². The molecule has 6 heteroatoms. The molecule has 146 valence electrons. The van der Waals surface area contributed by atoms with E-state index in [1.165, 1.54) is 5.56 Å². The fourth-order valence-corrected chi connectivity index (χ4v) is 4.26. The minimum atomic E-state index is -0.818. The number of amides is 4. The van der Waals surface area contributed by atoms with Gasteiger partial charge in [-0.25, -0.2) is 4.79 Å². The summed E-state index contributed by atoms with van der Waals surface area (Å²) in [4.78, 5) is 40.8. The molecular weight excluding hydrogens is 342 g/mol. The summed E-state index contributed by atoms with van der Waals surface area (Å²) in [5, 5.41) is 2.89. The minimum absolute atomic E-state index is 0.0933. The summed E-state index contributed by atoms with van der Waals surface area (Å²) in [6.45, 7) is 6.31. The smallest absolute Gasteiger partial charge is 0.325 e. The first-order valence-corrected chi connectivity index (χ1v) is 9.69. The molecule has 2 fully saturated rings. The van der Waals surface area contributed by atoms with E-state index in [-0.39, 0.29) is 24.3 Å². The fourth-order valence-electron chi connectivity index (χ4n) is 4.26. The highest BCUT2D eigenvalue weighted by atomic mass is 16.2. The molecule has 1 aliphatic carbocycles. The van der Waals surface area contributed by atoms with Gasteiger partial charge in [0.25, 0.3) is 5.91 Å². The van der Waals surface area contributed by atoms with Crippen LogP contribution in [0.15, 0.2) is 18.2 Å². The Bertz CT molecular complexity index is 776. The van der Waals surface area contributed by atoms with Crippen LogP contribution in [0, 0.1) is 19.8 Å². The molecule has 1 saturated heterocycles. The molecular formula is C21H29N3O3. The standard InChI is InChI=1S/C21H29N3O3/c1-14-8-9-17(15(2)11-14)12-23(4)18(25)13-24-19(26)21(22-20(24)27)10-6-5-7-16(21)3/h8-9,11,16H,5-7,10,12-13H2,1-4H3,(H,22,27)/t16-,21+/m0/s1. The number of carbonyl (C=O) groups is 3. The van der Waals surface area contributed by atoms with Crippen LogP contribution in [0.5, 0.6) is 0 Å². The quantitative estimate of drug-likeness (QED) is 0.828. The average molecular weight is 371 g/mol. The van der Waals surface area contributed by atoms with Crippen LogP contribution < -0.4 is 5.32 Å². The monoisotopic (exact) mass is 371 g/mol. The number of likely N-dealkylation sites (N-methyl/N-ethyl adjacent to an activating group) is 1. The summed E-state index contributed by atoms with van der Waals surface area (Å²) in [6, 6.07) is 5.67. The third kappa shape index (κ3) is 3.57. The molecule has 1 heterocycles. The Balaban J connectivity index is 1.68. The summed E-state index contributed by atoms with van der Waals surface area (Å²) in [7, 11) is 1.71. The van der Waals surface area contributed by atoms with Crippen LogP contribution in [0.3, 0.4) is 0 Å². The molecule has 6 nitrogen and oxygen atoms in total. The van der Waals surface area contributed by atoms with Gasteiger partial charge in [0.2, 0.25) is 5.91 Å². The van der Waals surface area contributed by atoms with Crippen molar-refractivity contribution >= 4 is 17.8 Å². The Kier molecular flexibility index (Phi) is 5.27. The maximum Gasteiger partial charge on any atom is 0.325 e. The van der Waals surface area contributed by atoms with Gasteiger partial charge in [-0.2, -0.15) is 0 Å². The third-order valence-corrected chi connectivity index (χ3v) is 6.13. The molecule has 1 saturated carbocycles. The third-order valence-electron chi connectivity index (χ3n) is 6.13. The van der Waals surface area contributed by atoms with Gasteiger partial charge < -0.3 is 10.2 Å². The Morgan fingerprint density at radius 3 is 2.70 bits per heavy atom. The minimum Gasteiger partial charge on any atom is -0.340 e. The molecule has 2 atom stereocenters. The number of imide groups is 1. The molecule has 0 bridgehead atoms. The number of hydrogen-bond donors (Lipinski definition) is 1. The summed E-state index contributed by atoms with van der Waals surface area (Å²) in [5.41, 5.74) is 2.55. The van der Waals surface area contributed by atoms with Gasteiger partial charge in [0.05, 0.1) is 0 Å². The molecule has 27 heavy (non-hydrogen) atoms. The van der Waals surface area contributed by atoms with Gasteiger partial charge in [-0.1, -0.05) is 43.5 Å². The lowest BCUT2D eigenvalue weighted by molar-refractivity contribution is -0.140. The van der Waals surface area contributed by atoms with Gasteiger partial charge in [0.1, 0.15) is 12.1 Å². The number of aryl methyl sites for hydroxylation is 2. The van der Waals surface area contributed by atoms with Crippen LogP contribution >= 0.6 is 0 Å². The molecule has 3 rings (SSSR count). The van der Waals surface area contributed by atoms with E-state index in [1.807, 2.05) is 32.9 Å². The molecule has 2 aliphatic rings. The topological polar surface area (TPSA) is 69.7 Å². The number of benzene rings is 1. The van der Waals surface area contributed by atoms with Gasteiger partial charge in [0, 0.05) is 13.6 Å². The van der Waals surface area contributed by atoms with Crippen molar-refractivity contribution in [2.75, 3.05) is 13.6 Å². The number of rotatable bonds is 4. The second kappa shape index (κ2) is 7.33. The SMILES string of the molecule is Cc1ccc(CN(C)C(=O)CN2C(=O)N[C@@]3(CCCC[C@@H]3C)C2=O)c(C)c1. The Labute approximate surface area is 160 Å². The summed E-state index contributed by atoms with van der Waals surface area (Å²) in [6.07, 6.45) is 3.57. The van der Waals surface area contributed by atoms with E-state index in [0.717, 1.165) is 35.3 Å². The number of nitrogens with one attached hydrogen (secondary N) is 1. The molecule has 4 amide bonds. The summed E-state index contributed by atoms with van der Waals surface area (Å²) >= 11 is 0. The average Bonchev–Trinajstić information content (AvgIpc) is 2.85. The van der Waals surface area contributed by atoms with Gasteiger partial charge >= 0.3 is 6.03 Å². The van der Waals surface area contributed by atoms with Crippen molar-refractivity contribution in [1.29, 1.82) is 0 Å². The second-order valence-corrected chi connectivity index (χ2v) is 8.12. The van der Waals surface area contributed by atoms with Crippen LogP contribution in [-0.4, -0.2) is 46.8 Å². The second-order valence-electron chi connectivity index (χ2n) is 8.12. The molecule has 1 aromatic rings. The van der Waals surface area contributed by atoms with Crippen LogP contribution in [0.1, 0.15) is 49.3 Å². The van der Waals surface area contributed by atoms with Crippen molar-refractivity contribution in [2.45, 2.75) is 58.5 Å². The van der Waals surface area contributed by atoms with E-state index in [4.69, 9.17) is 0 Å². The van der Waals surface area contributed by atoms with E-state index >= 15 is 0 Å². The Hall–Kier alpha value is -2.37. The Morgan fingerprint density at radius 2 is 2.04 bits per heavy atom. The normalized spacial score (nSPS) is 25.0. The highest BCUT2D eigenvalue weighted by molar-refractivity contribution is 6.09. The molecule has 0 unspecified atom stereocenters. The van der Waals surface area contributed by atoms with Gasteiger partial charge in [-0.15, -0.1) is 0 Å². The van der Waals surface area contributed by atoms with Crippen molar-refractivity contribution in [3.05, 3.63) is 34.9 Å². The van der Waals surface area contributed by atoms with Gasteiger partial charge in [0.15, 0.2) is 0 Å². The fraction of sp³-hybridized carbons (Fsp3) is 0.571. The molecule has 1 N–H and O–H groups in total. The molecule has 1 aliphatic heterocycles. The Morgan fingerprint density at radius 1 is 1.30 bits per heavy atom. The van der Waals surface area contributed by atoms with Crippen LogP contribution in [0.2, 0.25) is 0 Å². The van der Waals surface area contributed by atoms with Crippen molar-refractivity contribution in [3.8, 4) is 0 Å². The van der Waals surface area contributed by atoms with Crippen LogP contribution in [0.4, 0.5) is 4.79 Å². The van der Waals surface area contributed by atoms with E-state index in [2.05, 4.69) is 11.4 Å². The molecule has 0 aromatic heterocycles. The molecule has 0 radical (unpaired) electrons. The van der Waals surface area contributed by atoms with Crippen molar-refractivity contribution in [2.24, 2.45) is 5.92 Å². The predicted octanol–water partition coefficient (Wildman–Crippen LogP) is 2.76. The van der Waals surface area contributed by atoms with E-state index in [1.54, 1.807) is 11.9 Å². The first kappa shape index (κ1) is 19.4. The zero-order valence-electron chi connectivity index (χ0n) is 16.7. The lowest BCUT2D eigenvalue weighted by Gasteiger charge is -2.36. The summed E-state index contributed by atoms with van der Waals surface area (Å²) < 4.78 is 0. The maximum atomic E-state index is 13.0. The van der Waals surface area contributed by atoms with E-state index in [9.17, 15) is 14.4 Å². The zero-order valence-corrected chi connectivity index (χ0v) is 16.7. The highest BCUT2D eigenvalue weighted by Gasteiger charge is 2.55. The van der Waals surface area contributed by atoms with Gasteiger partial charge in [-0.3, -0.25) is 14.5 Å². The number of urea groups is 1. The first-order chi connectivity index (χ1) is 12.7. The summed E-state index contributed by atoms with van der Waals surface area (Å²) in [5.74, 6) is -0.386. The van der Waals surface area contributed by atoms with Crippen LogP contribution in [0.25, 0.3) is 0 Å². The molecule has 1 aromatic carbocycles. The number of hydrogen-bond acceptors (Lipinski definition) is 3. The lowest BCUT2D eigenvalue weighted by atomic mass is 9.73. The number of carbonyl (C=O) groups excluding carboxylic acids is 3. The first-order valence-electron chi connectivity index (χ1n) is 9.69. The predicted molar refractivity (Wildman–Crippen MR) is 103 cm³/mol. The largest absolute Gasteiger partial charge is 0.340 e. The highest BCUT2D eigenvalue weighted by Crippen LogP contribution is 2.38. The van der Waals surface area contributed by atoms with Gasteiger partial charge in [-0.05, 0) is 43.7 Å². The van der Waals surface area contributed by atoms with Crippen molar-refractivity contribution in [3.63, 3.8) is 0 Å².